The third-order valence-corrected chi connectivity index (χ3v) is 3.48. The van der Waals surface area contributed by atoms with E-state index in [9.17, 15) is 0 Å². The fourth-order valence-corrected chi connectivity index (χ4v) is 2.27. The van der Waals surface area contributed by atoms with Crippen LogP contribution in [0.25, 0.3) is 11.0 Å². The summed E-state index contributed by atoms with van der Waals surface area (Å²) in [6.07, 6.45) is 0. The molecule has 0 amide bonds. The van der Waals surface area contributed by atoms with Gasteiger partial charge in [-0.3, -0.25) is 0 Å². The van der Waals surface area contributed by atoms with Gasteiger partial charge in [-0.25, -0.2) is 0 Å². The predicted octanol–water partition coefficient (Wildman–Crippen LogP) is 4.44. The lowest BCUT2D eigenvalue weighted by Gasteiger charge is -2.08. The van der Waals surface area contributed by atoms with Crippen LogP contribution in [0.15, 0.2) is 52.9 Å². The van der Waals surface area contributed by atoms with Crippen LogP contribution in [-0.2, 0) is 0 Å². The lowest BCUT2D eigenvalue weighted by molar-refractivity contribution is 0.525. The molecule has 0 fully saturated rings. The van der Waals surface area contributed by atoms with E-state index in [0.29, 0.717) is 5.02 Å². The fraction of sp³-hybridized carbons (Fsp3) is 0.125. The first-order valence-electron chi connectivity index (χ1n) is 6.14. The van der Waals surface area contributed by atoms with Crippen molar-refractivity contribution in [3.8, 4) is 0 Å². The van der Waals surface area contributed by atoms with Crippen molar-refractivity contribution in [2.75, 3.05) is 0 Å². The molecule has 0 saturated carbocycles. The second-order valence-electron chi connectivity index (χ2n) is 4.72. The minimum atomic E-state index is -0.273. The van der Waals surface area contributed by atoms with Crippen molar-refractivity contribution in [1.82, 2.24) is 0 Å². The number of aryl methyl sites for hydroxylation is 1. The van der Waals surface area contributed by atoms with E-state index in [1.807, 2.05) is 49.4 Å². The van der Waals surface area contributed by atoms with Crippen molar-refractivity contribution in [2.24, 2.45) is 5.73 Å². The summed E-state index contributed by atoms with van der Waals surface area (Å²) in [6.45, 7) is 2.04. The second kappa shape index (κ2) is 4.72. The molecule has 2 nitrogen and oxygen atoms in total. The maximum absolute atomic E-state index is 6.23. The molecular weight excluding hydrogens is 258 g/mol. The lowest BCUT2D eigenvalue weighted by atomic mass is 10.1. The van der Waals surface area contributed by atoms with Crippen molar-refractivity contribution in [1.29, 1.82) is 0 Å². The zero-order valence-corrected chi connectivity index (χ0v) is 11.3. The Balaban J connectivity index is 2.01. The van der Waals surface area contributed by atoms with E-state index in [2.05, 4.69) is 6.07 Å². The van der Waals surface area contributed by atoms with Crippen LogP contribution in [0.5, 0.6) is 0 Å². The maximum atomic E-state index is 6.23. The molecule has 2 N–H and O–H groups in total. The summed E-state index contributed by atoms with van der Waals surface area (Å²) >= 11 is 5.88. The van der Waals surface area contributed by atoms with E-state index in [4.69, 9.17) is 21.8 Å². The summed E-state index contributed by atoms with van der Waals surface area (Å²) in [5.74, 6) is 0.767. The van der Waals surface area contributed by atoms with Gasteiger partial charge in [0, 0.05) is 10.4 Å². The number of rotatable bonds is 2. The maximum Gasteiger partial charge on any atom is 0.134 e. The van der Waals surface area contributed by atoms with Gasteiger partial charge in [-0.05, 0) is 42.3 Å². The van der Waals surface area contributed by atoms with Crippen LogP contribution >= 0.6 is 11.6 Å². The van der Waals surface area contributed by atoms with Crippen molar-refractivity contribution in [3.05, 3.63) is 70.4 Å². The van der Waals surface area contributed by atoms with Crippen molar-refractivity contribution >= 4 is 22.6 Å². The molecule has 0 radical (unpaired) electrons. The van der Waals surface area contributed by atoms with Crippen LogP contribution in [-0.4, -0.2) is 0 Å². The highest BCUT2D eigenvalue weighted by Gasteiger charge is 2.14. The molecule has 3 heteroatoms. The Morgan fingerprint density at radius 3 is 2.53 bits per heavy atom. The van der Waals surface area contributed by atoms with Gasteiger partial charge in [-0.15, -0.1) is 0 Å². The lowest BCUT2D eigenvalue weighted by Crippen LogP contribution is -2.10. The van der Waals surface area contributed by atoms with Crippen LogP contribution in [0.3, 0.4) is 0 Å². The molecule has 96 valence electrons. The molecule has 3 rings (SSSR count). The van der Waals surface area contributed by atoms with E-state index in [0.717, 1.165) is 22.3 Å². The number of halogens is 1. The average Bonchev–Trinajstić information content (AvgIpc) is 2.81. The van der Waals surface area contributed by atoms with Gasteiger partial charge in [-0.1, -0.05) is 35.9 Å². The summed E-state index contributed by atoms with van der Waals surface area (Å²) in [4.78, 5) is 0. The number of nitrogens with two attached hydrogens (primary N) is 1. The van der Waals surface area contributed by atoms with Gasteiger partial charge < -0.3 is 10.2 Å². The van der Waals surface area contributed by atoms with E-state index in [1.165, 1.54) is 5.56 Å². The molecule has 2 aromatic carbocycles. The van der Waals surface area contributed by atoms with Crippen LogP contribution in [0.2, 0.25) is 5.02 Å². The molecule has 0 spiro atoms. The summed E-state index contributed by atoms with van der Waals surface area (Å²) < 4.78 is 5.84. The van der Waals surface area contributed by atoms with Gasteiger partial charge in [0.1, 0.15) is 11.3 Å². The molecule has 1 unspecified atom stereocenters. The van der Waals surface area contributed by atoms with Gasteiger partial charge in [0.25, 0.3) is 0 Å². The van der Waals surface area contributed by atoms with Crippen LogP contribution in [0, 0.1) is 6.92 Å². The van der Waals surface area contributed by atoms with Gasteiger partial charge >= 0.3 is 0 Å². The number of furan rings is 1. The minimum Gasteiger partial charge on any atom is -0.459 e. The smallest absolute Gasteiger partial charge is 0.134 e. The minimum absolute atomic E-state index is 0.273. The number of hydrogen-bond acceptors (Lipinski definition) is 2. The largest absolute Gasteiger partial charge is 0.459 e. The highest BCUT2D eigenvalue weighted by molar-refractivity contribution is 6.30. The molecule has 1 heterocycles. The van der Waals surface area contributed by atoms with E-state index >= 15 is 0 Å². The first kappa shape index (κ1) is 12.3. The first-order chi connectivity index (χ1) is 9.13. The summed E-state index contributed by atoms with van der Waals surface area (Å²) in [7, 11) is 0. The number of benzene rings is 2. The van der Waals surface area contributed by atoms with Crippen LogP contribution < -0.4 is 5.73 Å². The molecule has 0 aliphatic heterocycles. The van der Waals surface area contributed by atoms with E-state index in [1.54, 1.807) is 0 Å². The Morgan fingerprint density at radius 2 is 1.79 bits per heavy atom. The summed E-state index contributed by atoms with van der Waals surface area (Å²) in [5.41, 5.74) is 9.27. The molecular formula is C16H14ClNO. The van der Waals surface area contributed by atoms with Crippen molar-refractivity contribution in [2.45, 2.75) is 13.0 Å². The normalized spacial score (nSPS) is 12.8. The first-order valence-corrected chi connectivity index (χ1v) is 6.52. The van der Waals surface area contributed by atoms with Gasteiger partial charge in [0.05, 0.1) is 6.04 Å². The Hall–Kier alpha value is -1.77. The molecule has 0 bridgehead atoms. The zero-order chi connectivity index (χ0) is 13.4. The predicted molar refractivity (Wildman–Crippen MR) is 78.4 cm³/mol. The molecule has 1 atom stereocenters. The third kappa shape index (κ3) is 2.37. The summed E-state index contributed by atoms with van der Waals surface area (Å²) in [5, 5.41) is 1.78. The Kier molecular flexibility index (Phi) is 3.05. The molecule has 0 saturated heterocycles. The number of fused-ring (bicyclic) bond motifs is 1. The highest BCUT2D eigenvalue weighted by Crippen LogP contribution is 2.27. The second-order valence-corrected chi connectivity index (χ2v) is 5.16. The fourth-order valence-electron chi connectivity index (χ4n) is 2.15. The van der Waals surface area contributed by atoms with Crippen molar-refractivity contribution < 1.29 is 4.42 Å². The average molecular weight is 272 g/mol. The van der Waals surface area contributed by atoms with Gasteiger partial charge in [-0.2, -0.15) is 0 Å². The van der Waals surface area contributed by atoms with E-state index < -0.39 is 0 Å². The molecule has 3 aromatic rings. The molecule has 0 aliphatic carbocycles. The molecule has 0 aliphatic rings. The topological polar surface area (TPSA) is 39.2 Å². The molecule has 19 heavy (non-hydrogen) atoms. The standard InChI is InChI=1S/C16H14ClNO/c1-10-2-3-12-9-15(19-14(12)8-10)16(18)11-4-6-13(17)7-5-11/h2-9,16H,18H2,1H3. The Labute approximate surface area is 116 Å². The Morgan fingerprint density at radius 1 is 1.05 bits per heavy atom. The number of hydrogen-bond donors (Lipinski definition) is 1. The summed E-state index contributed by atoms with van der Waals surface area (Å²) in [6, 6.07) is 15.4. The highest BCUT2D eigenvalue weighted by atomic mass is 35.5. The van der Waals surface area contributed by atoms with Crippen LogP contribution in [0.4, 0.5) is 0 Å². The van der Waals surface area contributed by atoms with Gasteiger partial charge in [0.2, 0.25) is 0 Å². The third-order valence-electron chi connectivity index (χ3n) is 3.23. The van der Waals surface area contributed by atoms with E-state index in [-0.39, 0.29) is 6.04 Å². The zero-order valence-electron chi connectivity index (χ0n) is 10.6. The van der Waals surface area contributed by atoms with Crippen molar-refractivity contribution in [3.63, 3.8) is 0 Å². The quantitative estimate of drug-likeness (QED) is 0.748. The van der Waals surface area contributed by atoms with Crippen LogP contribution in [0.1, 0.15) is 22.9 Å². The molecule has 1 aromatic heterocycles. The SMILES string of the molecule is Cc1ccc2cc(C(N)c3ccc(Cl)cc3)oc2c1. The monoisotopic (exact) mass is 271 g/mol. The Bertz CT molecular complexity index is 715. The van der Waals surface area contributed by atoms with Gasteiger partial charge in [0.15, 0.2) is 0 Å².